The second-order valence-electron chi connectivity index (χ2n) is 6.02. The highest BCUT2D eigenvalue weighted by molar-refractivity contribution is 7.90. The highest BCUT2D eigenvalue weighted by atomic mass is 32.2. The molecule has 0 saturated heterocycles. The molecule has 0 amide bonds. The highest BCUT2D eigenvalue weighted by Crippen LogP contribution is 2.39. The van der Waals surface area contributed by atoms with E-state index in [0.29, 0.717) is 23.1 Å². The molecule has 0 N–H and O–H groups in total. The molecule has 1 aliphatic heterocycles. The van der Waals surface area contributed by atoms with Crippen molar-refractivity contribution in [3.63, 3.8) is 0 Å². The molecule has 136 valence electrons. The van der Waals surface area contributed by atoms with E-state index < -0.39 is 38.4 Å². The lowest BCUT2D eigenvalue weighted by molar-refractivity contribution is -0.137. The molecule has 2 aromatic rings. The van der Waals surface area contributed by atoms with Gasteiger partial charge in [-0.1, -0.05) is 25.1 Å². The molecular formula is C19H16F2O4S. The number of carbonyl (C=O) groups excluding carboxylic acids is 1. The van der Waals surface area contributed by atoms with Crippen LogP contribution in [0.25, 0.3) is 11.1 Å². The summed E-state index contributed by atoms with van der Waals surface area (Å²) in [4.78, 5) is 11.9. The average Bonchev–Trinajstić information content (AvgIpc) is 2.90. The number of ether oxygens (including phenoxy) is 1. The van der Waals surface area contributed by atoms with E-state index in [-0.39, 0.29) is 5.57 Å². The largest absolute Gasteiger partial charge is 0.454 e. The molecule has 4 nitrogen and oxygen atoms in total. The van der Waals surface area contributed by atoms with E-state index in [9.17, 15) is 22.0 Å². The fraction of sp³-hybridized carbons (Fsp3) is 0.211. The second kappa shape index (κ2) is 6.64. The summed E-state index contributed by atoms with van der Waals surface area (Å²) >= 11 is 0. The Hall–Kier alpha value is -2.54. The molecule has 2 aromatic carbocycles. The Morgan fingerprint density at radius 3 is 2.38 bits per heavy atom. The number of rotatable bonds is 4. The first-order valence-electron chi connectivity index (χ1n) is 7.93. The SMILES string of the molecule is CCC1OC(=O)C(c2cccc(F)c2)=C1c1ccc(S(C)(=O)=O)c(F)c1. The monoisotopic (exact) mass is 378 g/mol. The molecule has 0 aliphatic carbocycles. The average molecular weight is 378 g/mol. The molecule has 1 atom stereocenters. The van der Waals surface area contributed by atoms with Crippen molar-refractivity contribution in [1.82, 2.24) is 0 Å². The van der Waals surface area contributed by atoms with Crippen LogP contribution in [0.15, 0.2) is 47.4 Å². The van der Waals surface area contributed by atoms with Gasteiger partial charge in [0.05, 0.1) is 5.57 Å². The number of carbonyl (C=O) groups is 1. The number of halogens is 2. The maximum atomic E-state index is 14.3. The first kappa shape index (κ1) is 18.3. The lowest BCUT2D eigenvalue weighted by Gasteiger charge is -2.13. The van der Waals surface area contributed by atoms with Crippen LogP contribution in [0, 0.1) is 11.6 Å². The van der Waals surface area contributed by atoms with Crippen LogP contribution in [-0.4, -0.2) is 26.7 Å². The van der Waals surface area contributed by atoms with Crippen molar-refractivity contribution in [3.8, 4) is 0 Å². The Balaban J connectivity index is 2.23. The van der Waals surface area contributed by atoms with Crippen molar-refractivity contribution in [3.05, 3.63) is 65.2 Å². The van der Waals surface area contributed by atoms with Gasteiger partial charge < -0.3 is 4.74 Å². The second-order valence-corrected chi connectivity index (χ2v) is 8.00. The third-order valence-electron chi connectivity index (χ3n) is 4.17. The van der Waals surface area contributed by atoms with Gasteiger partial charge in [0, 0.05) is 11.8 Å². The van der Waals surface area contributed by atoms with Crippen molar-refractivity contribution in [1.29, 1.82) is 0 Å². The molecule has 0 radical (unpaired) electrons. The molecule has 0 aromatic heterocycles. The van der Waals surface area contributed by atoms with Crippen molar-refractivity contribution in [2.75, 3.05) is 6.26 Å². The molecular weight excluding hydrogens is 362 g/mol. The molecule has 1 aliphatic rings. The maximum Gasteiger partial charge on any atom is 0.339 e. The van der Waals surface area contributed by atoms with Gasteiger partial charge in [-0.05, 0) is 41.8 Å². The molecule has 7 heteroatoms. The minimum absolute atomic E-state index is 0.155. The molecule has 1 unspecified atom stereocenters. The normalized spacial score (nSPS) is 17.5. The van der Waals surface area contributed by atoms with Gasteiger partial charge in [0.2, 0.25) is 0 Å². The van der Waals surface area contributed by atoms with Gasteiger partial charge in [0.1, 0.15) is 22.6 Å². The number of benzene rings is 2. The number of cyclic esters (lactones) is 1. The third kappa shape index (κ3) is 3.26. The Morgan fingerprint density at radius 1 is 1.08 bits per heavy atom. The maximum absolute atomic E-state index is 14.3. The van der Waals surface area contributed by atoms with Crippen molar-refractivity contribution < 1.29 is 26.7 Å². The van der Waals surface area contributed by atoms with Gasteiger partial charge in [-0.2, -0.15) is 0 Å². The van der Waals surface area contributed by atoms with E-state index in [1.807, 2.05) is 0 Å². The number of hydrogen-bond acceptors (Lipinski definition) is 4. The van der Waals surface area contributed by atoms with Gasteiger partial charge in [0.25, 0.3) is 0 Å². The first-order chi connectivity index (χ1) is 12.2. The van der Waals surface area contributed by atoms with Crippen LogP contribution in [0.5, 0.6) is 0 Å². The van der Waals surface area contributed by atoms with E-state index >= 15 is 0 Å². The zero-order valence-corrected chi connectivity index (χ0v) is 14.9. The molecule has 0 saturated carbocycles. The summed E-state index contributed by atoms with van der Waals surface area (Å²) in [5.41, 5.74) is 1.23. The van der Waals surface area contributed by atoms with Crippen LogP contribution in [0.3, 0.4) is 0 Å². The molecule has 0 fully saturated rings. The van der Waals surface area contributed by atoms with Crippen molar-refractivity contribution in [2.24, 2.45) is 0 Å². The van der Waals surface area contributed by atoms with Gasteiger partial charge in [-0.25, -0.2) is 22.0 Å². The van der Waals surface area contributed by atoms with Crippen LogP contribution in [-0.2, 0) is 19.4 Å². The van der Waals surface area contributed by atoms with Crippen LogP contribution in [0.1, 0.15) is 24.5 Å². The zero-order valence-electron chi connectivity index (χ0n) is 14.1. The van der Waals surface area contributed by atoms with Crippen LogP contribution < -0.4 is 0 Å². The van der Waals surface area contributed by atoms with Crippen molar-refractivity contribution >= 4 is 27.0 Å². The summed E-state index contributed by atoms with van der Waals surface area (Å²) in [6.45, 7) is 1.80. The van der Waals surface area contributed by atoms with E-state index in [2.05, 4.69) is 0 Å². The quantitative estimate of drug-likeness (QED) is 0.763. The predicted molar refractivity (Wildman–Crippen MR) is 92.9 cm³/mol. The molecule has 1 heterocycles. The van der Waals surface area contributed by atoms with Crippen molar-refractivity contribution in [2.45, 2.75) is 24.3 Å². The predicted octanol–water partition coefficient (Wildman–Crippen LogP) is 3.61. The smallest absolute Gasteiger partial charge is 0.339 e. The van der Waals surface area contributed by atoms with E-state index in [1.165, 1.54) is 24.3 Å². The standard InChI is InChI=1S/C19H16F2O4S/c1-3-15-17(12-7-8-16(14(21)10-12)26(2,23)24)18(19(22)25-15)11-5-4-6-13(20)9-11/h4-10,15H,3H2,1-2H3. The van der Waals surface area contributed by atoms with Gasteiger partial charge in [-0.3, -0.25) is 0 Å². The summed E-state index contributed by atoms with van der Waals surface area (Å²) in [7, 11) is -3.71. The Bertz CT molecular complexity index is 1030. The molecule has 26 heavy (non-hydrogen) atoms. The van der Waals surface area contributed by atoms with E-state index in [1.54, 1.807) is 13.0 Å². The Kier molecular flexibility index (Phi) is 4.66. The van der Waals surface area contributed by atoms with Crippen LogP contribution in [0.4, 0.5) is 8.78 Å². The number of hydrogen-bond donors (Lipinski definition) is 0. The Labute approximate surface area is 150 Å². The fourth-order valence-electron chi connectivity index (χ4n) is 3.02. The lowest BCUT2D eigenvalue weighted by atomic mass is 9.92. The van der Waals surface area contributed by atoms with E-state index in [4.69, 9.17) is 4.74 Å². The summed E-state index contributed by atoms with van der Waals surface area (Å²) in [5, 5.41) is 0. The zero-order chi connectivity index (χ0) is 19.1. The topological polar surface area (TPSA) is 60.4 Å². The van der Waals surface area contributed by atoms with Gasteiger partial charge >= 0.3 is 5.97 Å². The van der Waals surface area contributed by atoms with Gasteiger partial charge in [0.15, 0.2) is 9.84 Å². The van der Waals surface area contributed by atoms with E-state index in [0.717, 1.165) is 18.4 Å². The molecule has 0 spiro atoms. The number of esters is 1. The molecule has 3 rings (SSSR count). The lowest BCUT2D eigenvalue weighted by Crippen LogP contribution is -2.10. The minimum atomic E-state index is -3.71. The summed E-state index contributed by atoms with van der Waals surface area (Å²) in [6, 6.07) is 9.14. The van der Waals surface area contributed by atoms with Crippen LogP contribution >= 0.6 is 0 Å². The highest BCUT2D eigenvalue weighted by Gasteiger charge is 2.35. The molecule has 0 bridgehead atoms. The minimum Gasteiger partial charge on any atom is -0.454 e. The number of sulfone groups is 1. The van der Waals surface area contributed by atoms with Crippen LogP contribution in [0.2, 0.25) is 0 Å². The Morgan fingerprint density at radius 2 is 1.81 bits per heavy atom. The summed E-state index contributed by atoms with van der Waals surface area (Å²) in [5.74, 6) is -2.05. The summed E-state index contributed by atoms with van der Waals surface area (Å²) in [6.07, 6.45) is 0.735. The third-order valence-corrected chi connectivity index (χ3v) is 5.30. The summed E-state index contributed by atoms with van der Waals surface area (Å²) < 4.78 is 56.5. The fourth-order valence-corrected chi connectivity index (χ4v) is 3.75. The van der Waals surface area contributed by atoms with Gasteiger partial charge in [-0.15, -0.1) is 0 Å². The first-order valence-corrected chi connectivity index (χ1v) is 9.82.